The van der Waals surface area contributed by atoms with Crippen molar-refractivity contribution < 1.29 is 96.4 Å². The van der Waals surface area contributed by atoms with E-state index in [1.165, 1.54) is 30.7 Å². The number of methoxy groups -OCH3 is 3. The van der Waals surface area contributed by atoms with Gasteiger partial charge in [0, 0.05) is 186 Å². The van der Waals surface area contributed by atoms with E-state index in [4.69, 9.17) is 59.0 Å². The molecule has 0 radical (unpaired) electrons. The Morgan fingerprint density at radius 3 is 2.18 bits per heavy atom. The predicted octanol–water partition coefficient (Wildman–Crippen LogP) is 7.63. The first-order valence-electron chi connectivity index (χ1n) is 48.5. The van der Waals surface area contributed by atoms with Crippen LogP contribution in [0.4, 0.5) is 23.7 Å². The Labute approximate surface area is 800 Å². The average molecular weight is 1910 g/mol. The Hall–Kier alpha value is -10.7. The Kier molecular flexibility index (Phi) is 39.4. The number of nitrogens with zero attached hydrogens (tertiary/aromatic N) is 15. The van der Waals surface area contributed by atoms with Gasteiger partial charge in [-0.3, -0.25) is 33.7 Å². The number of hydrogen-bond acceptors (Lipinski definition) is 34. The highest BCUT2D eigenvalue weighted by Gasteiger charge is 2.53. The van der Waals surface area contributed by atoms with Gasteiger partial charge in [0.25, 0.3) is 29.5 Å². The summed E-state index contributed by atoms with van der Waals surface area (Å²) < 4.78 is 49.3. The first-order valence-corrected chi connectivity index (χ1v) is 48.5. The van der Waals surface area contributed by atoms with Crippen molar-refractivity contribution in [2.45, 2.75) is 238 Å². The number of piperazine rings is 2. The van der Waals surface area contributed by atoms with E-state index in [9.17, 15) is 54.0 Å². The normalized spacial score (nSPS) is 27.6. The van der Waals surface area contributed by atoms with Crippen LogP contribution < -0.4 is 31.9 Å². The van der Waals surface area contributed by atoms with Crippen LogP contribution in [-0.2, 0) is 79.9 Å². The van der Waals surface area contributed by atoms with Gasteiger partial charge >= 0.3 is 5.97 Å². The Morgan fingerprint density at radius 1 is 0.715 bits per heavy atom. The predicted molar refractivity (Wildman–Crippen MR) is 512 cm³/mol. The van der Waals surface area contributed by atoms with Gasteiger partial charge in [0.1, 0.15) is 53.5 Å². The number of esters is 1. The summed E-state index contributed by atoms with van der Waals surface area (Å²) in [5.74, 6) is -6.85. The second kappa shape index (κ2) is 51.3. The maximum absolute atomic E-state index is 14.8. The fourth-order valence-electron chi connectivity index (χ4n) is 19.0. The van der Waals surface area contributed by atoms with Crippen molar-refractivity contribution in [3.05, 3.63) is 108 Å². The summed E-state index contributed by atoms with van der Waals surface area (Å²) >= 11 is 0. The number of ether oxygens (including phenoxy) is 7. The van der Waals surface area contributed by atoms with Crippen LogP contribution in [0.15, 0.2) is 106 Å². The molecule has 10 N–H and O–H groups in total. The molecule has 6 aromatic rings. The van der Waals surface area contributed by atoms with E-state index in [2.05, 4.69) is 60.5 Å². The number of allylic oxidation sites excluding steroid dienone is 5. The number of rotatable bonds is 33. The van der Waals surface area contributed by atoms with Gasteiger partial charge in [0.15, 0.2) is 17.8 Å². The summed E-state index contributed by atoms with van der Waals surface area (Å²) in [6.07, 6.45) is 21.0. The molecule has 5 aromatic heterocycles. The van der Waals surface area contributed by atoms with E-state index in [1.807, 2.05) is 84.7 Å². The molecule has 5 aliphatic heterocycles. The highest BCUT2D eigenvalue weighted by Crippen LogP contribution is 2.40. The molecule has 1 aromatic carbocycles. The Morgan fingerprint density at radius 2 is 1.45 bits per heavy atom. The van der Waals surface area contributed by atoms with Gasteiger partial charge in [-0.2, -0.15) is 10.1 Å². The number of oxazole rings is 1. The number of fused-ring (bicyclic) bond motifs is 5. The summed E-state index contributed by atoms with van der Waals surface area (Å²) in [6, 6.07) is 4.40. The average Bonchev–Trinajstić information content (AvgIpc) is 1.48. The topological polar surface area (TPSA) is 500 Å². The van der Waals surface area contributed by atoms with E-state index >= 15 is 0 Å². The fraction of sp³-hybridized carbons (Fsp3) is 0.633. The number of anilines is 4. The molecular formula is C98H141N19O20. The largest absolute Gasteiger partial charge is 0.460 e. The number of aliphatic hydroxyl groups is 4. The van der Waals surface area contributed by atoms with E-state index in [0.29, 0.717) is 204 Å². The molecule has 4 amide bonds. The minimum atomic E-state index is -2.47. The number of nitrogens with one attached hydrogen (secondary N) is 2. The van der Waals surface area contributed by atoms with Gasteiger partial charge in [0.05, 0.1) is 80.0 Å². The molecule has 748 valence electrons. The lowest BCUT2D eigenvalue weighted by Gasteiger charge is -2.43. The maximum Gasteiger partial charge on any atom is 0.329 e. The Bertz CT molecular complexity index is 5130. The molecule has 0 spiro atoms. The Balaban J connectivity index is 0.551. The third-order valence-corrected chi connectivity index (χ3v) is 27.3. The summed E-state index contributed by atoms with van der Waals surface area (Å²) in [7, 11) is 4.59. The van der Waals surface area contributed by atoms with Crippen molar-refractivity contribution in [1.82, 2.24) is 70.0 Å². The van der Waals surface area contributed by atoms with Gasteiger partial charge < -0.3 is 105 Å². The molecule has 10 heterocycles. The number of piperidine rings is 1. The van der Waals surface area contributed by atoms with Crippen LogP contribution in [0, 0.1) is 35.5 Å². The second-order valence-electron chi connectivity index (χ2n) is 37.4. The quantitative estimate of drug-likeness (QED) is 0.00645. The number of hydrogen-bond donors (Lipinski definition) is 8. The number of carbonyl (C=O) groups is 7. The number of benzene rings is 1. The lowest BCUT2D eigenvalue weighted by Crippen LogP contribution is -2.61. The molecular weight excluding hydrogens is 1760 g/mol. The summed E-state index contributed by atoms with van der Waals surface area (Å²) in [6.45, 7) is 20.4. The van der Waals surface area contributed by atoms with Crippen LogP contribution in [0.2, 0.25) is 0 Å². The number of aromatic nitrogens is 9. The van der Waals surface area contributed by atoms with Crippen LogP contribution in [0.5, 0.6) is 0 Å². The van der Waals surface area contributed by atoms with Crippen LogP contribution >= 0.6 is 0 Å². The molecule has 1 aliphatic carbocycles. The van der Waals surface area contributed by atoms with E-state index in [0.717, 1.165) is 37.1 Å². The molecule has 16 atom stereocenters. The number of aliphatic hydroxyl groups excluding tert-OH is 3. The van der Waals surface area contributed by atoms with Gasteiger partial charge in [-0.1, -0.05) is 82.7 Å². The standard InChI is InChI=1S/C98H141N19O20/c1-61-19-13-11-14-20-62(2)79(129-8)52-73-26-23-67(7)98(128,137-73)89(124)93(126)116-32-18-16-22-75(116)94(127)135-80(64(4)49-68-24-27-76(119)81(50-68)130-9)53-77(120)63(3)48-66(6)87(123)88(131-10)85(65(5)47-61)111-134-59-82(121)102-54-69-55-103-96(104-56-69)115-40-38-113(39-41-115)83(122)30-44-133-46-42-112-34-36-114(37-35-112)97-105-57-71(58-106-97)92(125)101-31-45-132-43-29-72(118)21-15-12-17-33-117-91-84(90(99)107-60-108-91)86(110-117)70-25-28-78-74(51-70)109-95(100)136-78/h11,13-14,19-20,25,28,48,51,55-58,60-61,63-65,67-68,73,75-77,79-81,87-88,119-120,123,128H,12,15-18,21-24,26-27,29-47,49-50,52-54,59H2,1-10H3,(H2,100,109)(H,101,125)(H,102,121)(H2,99,107,108)/b14-11+,19-13+,62-20+,66-48+,111-85?/t61-,63-,64-,65-,67-,68+,73+,75+,76-,77-,79+,80+,81-,87-,88+,98-/m1/s1. The number of ketones is 2. The van der Waals surface area contributed by atoms with Gasteiger partial charge in [-0.15, -0.1) is 0 Å². The number of unbranched alkanes of at least 4 members (excludes halogenated alkanes) is 2. The number of cyclic esters (lactones) is 1. The molecule has 0 unspecified atom stereocenters. The van der Waals surface area contributed by atoms with Crippen molar-refractivity contribution in [3.63, 3.8) is 0 Å². The van der Waals surface area contributed by atoms with Crippen LogP contribution in [0.3, 0.4) is 0 Å². The van der Waals surface area contributed by atoms with Crippen LogP contribution in [0.25, 0.3) is 33.4 Å². The summed E-state index contributed by atoms with van der Waals surface area (Å²) in [5, 5.41) is 63.2. The number of aryl methyl sites for hydroxylation is 1. The van der Waals surface area contributed by atoms with Crippen LogP contribution in [-0.4, -0.2) is 314 Å². The van der Waals surface area contributed by atoms with Crippen molar-refractivity contribution in [2.75, 3.05) is 148 Å². The molecule has 39 heteroatoms. The van der Waals surface area contributed by atoms with Gasteiger partial charge in [-0.05, 0) is 138 Å². The van der Waals surface area contributed by atoms with Gasteiger partial charge in [-0.25, -0.2) is 39.4 Å². The number of nitrogen functional groups attached to an aromatic ring is 2. The minimum Gasteiger partial charge on any atom is -0.460 e. The second-order valence-corrected chi connectivity index (χ2v) is 37.4. The minimum absolute atomic E-state index is 0.00227. The van der Waals surface area contributed by atoms with Crippen molar-refractivity contribution in [3.8, 4) is 11.3 Å². The highest BCUT2D eigenvalue weighted by molar-refractivity contribution is 6.39. The van der Waals surface area contributed by atoms with E-state index < -0.39 is 96.6 Å². The monoisotopic (exact) mass is 1900 g/mol. The van der Waals surface area contributed by atoms with Gasteiger partial charge in [0.2, 0.25) is 23.6 Å². The number of nitrogens with two attached hydrogens (primary N) is 2. The van der Waals surface area contributed by atoms with Crippen molar-refractivity contribution in [2.24, 2.45) is 40.7 Å². The first-order chi connectivity index (χ1) is 66.0. The third-order valence-electron chi connectivity index (χ3n) is 27.3. The molecule has 5 fully saturated rings. The molecule has 39 nitrogen and oxygen atoms in total. The van der Waals surface area contributed by atoms with Crippen molar-refractivity contribution >= 4 is 92.7 Å². The lowest BCUT2D eigenvalue weighted by molar-refractivity contribution is -0.265. The highest BCUT2D eigenvalue weighted by atomic mass is 16.6. The zero-order valence-corrected chi connectivity index (χ0v) is 80.9. The number of carbonyl (C=O) groups excluding carboxylic acids is 7. The summed E-state index contributed by atoms with van der Waals surface area (Å²) in [4.78, 5) is 143. The maximum atomic E-state index is 14.8. The molecule has 2 bridgehead atoms. The summed E-state index contributed by atoms with van der Waals surface area (Å²) in [5.41, 5.74) is 17.8. The zero-order chi connectivity index (χ0) is 97.8. The number of Topliss-reactive ketones (excluding diaryl/α,β-unsaturated/α-hetero) is 2. The lowest BCUT2D eigenvalue weighted by atomic mass is 9.78. The van der Waals surface area contributed by atoms with E-state index in [-0.39, 0.29) is 118 Å². The molecule has 1 saturated carbocycles. The molecule has 6 aliphatic rings. The SMILES string of the molecule is CO[C@H]1C[C@@H]2CC[C@@H](C)[C@@](O)(O2)C(=O)C(=O)N2CCCC[C@H]2C(=O)O[C@H]([C@H](C)C[C@@H]2CC[C@@H](O)[C@H](OC)C2)C[C@@H](O)[C@H](C)/C=C(\C)[C@@H](O)[C@@H](OC)C(=NOCC(=O)NCc2cnc(N3CCN(C(=O)CCOCCN4CCN(c5ncc(C(=O)NCCOCCC(=O)CCCCCn6nc(-c7ccc8oc(N)nc8c7)c7c(N)ncnc76)cn5)CC4)CC3)nc2)[C@H](C)C[C@H](C)/C=C/C=C/C=C/1C. The third kappa shape index (κ3) is 29.0. The van der Waals surface area contributed by atoms with Crippen LogP contribution in [0.1, 0.15) is 180 Å². The number of oxime groups is 1. The smallest absolute Gasteiger partial charge is 0.329 e. The molecule has 12 rings (SSSR count). The fourth-order valence-corrected chi connectivity index (χ4v) is 19.0. The molecule has 4 saturated heterocycles. The van der Waals surface area contributed by atoms with E-state index in [1.54, 1.807) is 59.5 Å². The first kappa shape index (κ1) is 105. The number of amides is 4. The molecule has 137 heavy (non-hydrogen) atoms. The zero-order valence-electron chi connectivity index (χ0n) is 80.9. The van der Waals surface area contributed by atoms with Crippen molar-refractivity contribution in [1.29, 1.82) is 0 Å².